The molecule has 0 aliphatic heterocycles. The summed E-state index contributed by atoms with van der Waals surface area (Å²) in [6.07, 6.45) is 1.20. The molecule has 0 aromatic rings. The van der Waals surface area contributed by atoms with Crippen molar-refractivity contribution in [2.24, 2.45) is 5.92 Å². The Morgan fingerprint density at radius 3 is 1.25 bits per heavy atom. The second kappa shape index (κ2) is 6.98. The summed E-state index contributed by atoms with van der Waals surface area (Å²) >= 11 is 2.58. The predicted octanol–water partition coefficient (Wildman–Crippen LogP) is 6.01. The second-order valence-corrected chi connectivity index (χ2v) is 50.4. The fourth-order valence-electron chi connectivity index (χ4n) is 4.52. The molecule has 1 atom stereocenters. The van der Waals surface area contributed by atoms with E-state index in [-0.39, 0.29) is 0 Å². The van der Waals surface area contributed by atoms with Crippen LogP contribution in [0.2, 0.25) is 58.9 Å². The van der Waals surface area contributed by atoms with Gasteiger partial charge >= 0.3 is 0 Å². The normalized spacial score (nSPS) is 16.6. The van der Waals surface area contributed by atoms with Crippen LogP contribution >= 0.6 is 22.6 Å². The monoisotopic (exact) mass is 460 g/mol. The van der Waals surface area contributed by atoms with Crippen molar-refractivity contribution in [3.63, 3.8) is 0 Å². The van der Waals surface area contributed by atoms with Gasteiger partial charge in [-0.25, -0.2) is 0 Å². The van der Waals surface area contributed by atoms with Crippen molar-refractivity contribution in [1.29, 1.82) is 0 Å². The summed E-state index contributed by atoms with van der Waals surface area (Å²) in [6.45, 7) is 26.3. The SMILES string of the molecule is CC(C)CC(I)O[Si]([Si](C)(C)C)([Si](C)(C)C)[Si](C)(C)C. The maximum absolute atomic E-state index is 7.15. The molecule has 0 radical (unpaired) electrons. The molecule has 0 heterocycles. The zero-order valence-electron chi connectivity index (χ0n) is 15.6. The molecule has 0 N–H and O–H groups in total. The van der Waals surface area contributed by atoms with Crippen LogP contribution in [0.25, 0.3) is 0 Å². The minimum atomic E-state index is -1.62. The molecule has 0 aromatic carbocycles. The lowest BCUT2D eigenvalue weighted by Crippen LogP contribution is -2.84. The van der Waals surface area contributed by atoms with Crippen LogP contribution < -0.4 is 0 Å². The summed E-state index contributed by atoms with van der Waals surface area (Å²) in [6, 6.07) is 0. The van der Waals surface area contributed by atoms with Crippen molar-refractivity contribution < 1.29 is 4.43 Å². The maximum Gasteiger partial charge on any atom is 0.159 e. The van der Waals surface area contributed by atoms with E-state index in [0.29, 0.717) is 4.11 Å². The van der Waals surface area contributed by atoms with Crippen LogP contribution in [0.4, 0.5) is 0 Å². The average Bonchev–Trinajstić information content (AvgIpc) is 2.06. The second-order valence-electron chi connectivity index (χ2n) is 9.59. The lowest BCUT2D eigenvalue weighted by atomic mass is 10.1. The Balaban J connectivity index is 5.81. The van der Waals surface area contributed by atoms with Gasteiger partial charge in [0.15, 0.2) is 6.87 Å². The van der Waals surface area contributed by atoms with Crippen LogP contribution in [0, 0.1) is 5.92 Å². The van der Waals surface area contributed by atoms with E-state index in [2.05, 4.69) is 95.4 Å². The molecule has 1 nitrogen and oxygen atoms in total. The topological polar surface area (TPSA) is 9.23 Å². The highest BCUT2D eigenvalue weighted by molar-refractivity contribution is 14.1. The van der Waals surface area contributed by atoms with Gasteiger partial charge in [0, 0.05) is 0 Å². The van der Waals surface area contributed by atoms with Gasteiger partial charge < -0.3 is 4.43 Å². The standard InChI is InChI=1S/C14H37IOSi4/c1-13(2)12-14(15)16-20(17(3,4)5,18(6,7)8)19(9,10)11/h13-14H,12H2,1-11H3. The minimum absolute atomic E-state index is 0.421. The van der Waals surface area contributed by atoms with E-state index in [4.69, 9.17) is 4.43 Å². The summed E-state index contributed by atoms with van der Waals surface area (Å²) in [4.78, 5) is 0. The fourth-order valence-corrected chi connectivity index (χ4v) is 103. The van der Waals surface area contributed by atoms with Crippen molar-refractivity contribution in [3.8, 4) is 0 Å². The molecular formula is C14H37IOSi4. The van der Waals surface area contributed by atoms with Crippen LogP contribution in [-0.2, 0) is 4.43 Å². The van der Waals surface area contributed by atoms with Gasteiger partial charge in [-0.1, -0.05) is 95.4 Å². The number of alkyl halides is 1. The lowest BCUT2D eigenvalue weighted by Gasteiger charge is -2.57. The lowest BCUT2D eigenvalue weighted by molar-refractivity contribution is 0.280. The number of rotatable bonds is 7. The van der Waals surface area contributed by atoms with E-state index in [1.54, 1.807) is 0 Å². The molecule has 0 amide bonds. The largest absolute Gasteiger partial charge is 0.414 e. The van der Waals surface area contributed by atoms with Gasteiger partial charge in [0.25, 0.3) is 0 Å². The summed E-state index contributed by atoms with van der Waals surface area (Å²) < 4.78 is 7.57. The third-order valence-electron chi connectivity index (χ3n) is 4.13. The molecular weight excluding hydrogens is 423 g/mol. The third-order valence-corrected chi connectivity index (χ3v) is 72.9. The van der Waals surface area contributed by atoms with E-state index in [1.165, 1.54) is 6.42 Å². The van der Waals surface area contributed by atoms with Crippen LogP contribution in [0.3, 0.4) is 0 Å². The average molecular weight is 461 g/mol. The molecule has 0 aliphatic carbocycles. The summed E-state index contributed by atoms with van der Waals surface area (Å²) in [7, 11) is -3.86. The van der Waals surface area contributed by atoms with Crippen molar-refractivity contribution >= 4 is 52.2 Å². The summed E-state index contributed by atoms with van der Waals surface area (Å²) in [5.74, 6) is 0.730. The first-order valence-corrected chi connectivity index (χ1v) is 24.5. The molecule has 0 saturated carbocycles. The smallest absolute Gasteiger partial charge is 0.159 e. The molecule has 0 saturated heterocycles. The Hall–Kier alpha value is 1.56. The minimum Gasteiger partial charge on any atom is -0.414 e. The molecule has 1 unspecified atom stereocenters. The van der Waals surface area contributed by atoms with E-state index >= 15 is 0 Å². The van der Waals surface area contributed by atoms with E-state index in [9.17, 15) is 0 Å². The first kappa shape index (κ1) is 21.6. The third kappa shape index (κ3) is 4.77. The Kier molecular flexibility index (Phi) is 7.53. The van der Waals surface area contributed by atoms with Gasteiger partial charge in [-0.3, -0.25) is 0 Å². The first-order chi connectivity index (χ1) is 8.56. The van der Waals surface area contributed by atoms with Gasteiger partial charge in [-0.15, -0.1) is 0 Å². The fraction of sp³-hybridized carbons (Fsp3) is 1.00. The predicted molar refractivity (Wildman–Crippen MR) is 114 cm³/mol. The molecule has 122 valence electrons. The molecule has 0 fully saturated rings. The van der Waals surface area contributed by atoms with E-state index in [1.807, 2.05) is 0 Å². The summed E-state index contributed by atoms with van der Waals surface area (Å²) in [5, 5.41) is 0. The van der Waals surface area contributed by atoms with Crippen molar-refractivity contribution in [2.75, 3.05) is 0 Å². The molecule has 0 aromatic heterocycles. The number of halogens is 1. The zero-order valence-corrected chi connectivity index (χ0v) is 21.8. The maximum atomic E-state index is 7.15. The quantitative estimate of drug-likeness (QED) is 0.257. The molecule has 20 heavy (non-hydrogen) atoms. The van der Waals surface area contributed by atoms with Crippen molar-refractivity contribution in [2.45, 2.75) is 83.3 Å². The van der Waals surface area contributed by atoms with Gasteiger partial charge in [0.1, 0.15) is 0 Å². The van der Waals surface area contributed by atoms with Crippen LogP contribution in [0.15, 0.2) is 0 Å². The highest BCUT2D eigenvalue weighted by Gasteiger charge is 2.64. The molecule has 0 bridgehead atoms. The highest BCUT2D eigenvalue weighted by Crippen LogP contribution is 2.40. The first-order valence-electron chi connectivity index (χ1n) is 7.88. The van der Waals surface area contributed by atoms with Gasteiger partial charge in [-0.05, 0) is 12.3 Å². The summed E-state index contributed by atoms with van der Waals surface area (Å²) in [5.41, 5.74) is 0. The highest BCUT2D eigenvalue weighted by atomic mass is 127. The van der Waals surface area contributed by atoms with Crippen molar-refractivity contribution in [1.82, 2.24) is 0 Å². The molecule has 0 aliphatic rings. The Morgan fingerprint density at radius 2 is 1.05 bits per heavy atom. The van der Waals surface area contributed by atoms with E-state index in [0.717, 1.165) is 5.92 Å². The van der Waals surface area contributed by atoms with Crippen LogP contribution in [0.1, 0.15) is 20.3 Å². The molecule has 0 spiro atoms. The Labute approximate surface area is 145 Å². The van der Waals surface area contributed by atoms with Gasteiger partial charge in [-0.2, -0.15) is 0 Å². The number of hydrogen-bond acceptors (Lipinski definition) is 1. The molecule has 6 heteroatoms. The zero-order chi connectivity index (χ0) is 16.6. The Bertz CT molecular complexity index is 277. The van der Waals surface area contributed by atoms with Crippen LogP contribution in [-0.4, -0.2) is 33.8 Å². The van der Waals surface area contributed by atoms with Crippen LogP contribution in [0.5, 0.6) is 0 Å². The molecule has 0 rings (SSSR count). The van der Waals surface area contributed by atoms with Gasteiger partial charge in [0.05, 0.1) is 26.9 Å². The van der Waals surface area contributed by atoms with Gasteiger partial charge in [0.2, 0.25) is 0 Å². The number of hydrogen-bond donors (Lipinski definition) is 0. The Morgan fingerprint density at radius 1 is 0.750 bits per heavy atom. The van der Waals surface area contributed by atoms with E-state index < -0.39 is 29.6 Å². The van der Waals surface area contributed by atoms with Crippen molar-refractivity contribution in [3.05, 3.63) is 0 Å².